The van der Waals surface area contributed by atoms with Gasteiger partial charge in [0.25, 0.3) is 0 Å². The number of nitrogens with zero attached hydrogens (tertiary/aromatic N) is 2. The van der Waals surface area contributed by atoms with E-state index < -0.39 is 0 Å². The number of aromatic nitrogens is 2. The monoisotopic (exact) mass is 492 g/mol. The van der Waals surface area contributed by atoms with Gasteiger partial charge in [0.15, 0.2) is 0 Å². The summed E-state index contributed by atoms with van der Waals surface area (Å²) in [4.78, 5) is 12.2. The quantitative estimate of drug-likeness (QED) is 0.122. The lowest BCUT2D eigenvalue weighted by Crippen LogP contribution is -2.02. The number of pyridine rings is 2. The summed E-state index contributed by atoms with van der Waals surface area (Å²) in [7, 11) is 0. The Bertz CT molecular complexity index is 1420. The third kappa shape index (κ3) is 4.59. The molecule has 172 valence electrons. The summed E-state index contributed by atoms with van der Waals surface area (Å²) in [5.41, 5.74) is 4.18. The van der Waals surface area contributed by atoms with Crippen LogP contribution in [0, 0.1) is 0 Å². The van der Waals surface area contributed by atoms with E-state index in [1.807, 2.05) is 23.5 Å². The van der Waals surface area contributed by atoms with E-state index >= 15 is 0 Å². The molecule has 0 bridgehead atoms. The van der Waals surface area contributed by atoms with Crippen LogP contribution in [-0.4, -0.2) is 34.7 Å². The summed E-state index contributed by atoms with van der Waals surface area (Å²) in [5.74, 6) is 1.81. The number of rotatable bonds is 8. The highest BCUT2D eigenvalue weighted by Gasteiger charge is 2.10. The third-order valence-electron chi connectivity index (χ3n) is 6.02. The second-order valence-electron chi connectivity index (χ2n) is 8.26. The van der Waals surface area contributed by atoms with Crippen LogP contribution < -0.4 is 0 Å². The Morgan fingerprint density at radius 1 is 0.457 bits per heavy atom. The molecule has 0 atom stereocenters. The van der Waals surface area contributed by atoms with Gasteiger partial charge in [-0.05, 0) is 24.3 Å². The number of ether oxygens (including phenoxy) is 1. The number of hydrogen-bond acceptors (Lipinski definition) is 5. The molecule has 0 unspecified atom stereocenters. The van der Waals surface area contributed by atoms with Gasteiger partial charge in [0.05, 0.1) is 35.3 Å². The van der Waals surface area contributed by atoms with Crippen LogP contribution in [0.1, 0.15) is 0 Å². The normalized spacial score (nSPS) is 11.7. The standard InChI is InChI=1S/C30H24N2OS2/c1-5-13-25-21(9-1)29(22-10-2-6-14-26(22)31-25)34-19-17-33-18-20-35-30-23-11-3-7-15-27(23)32-28-16-8-4-12-24(28)30/h1-16H,17-20H2. The Kier molecular flexibility index (Phi) is 6.54. The molecule has 3 nitrogen and oxygen atoms in total. The van der Waals surface area contributed by atoms with Gasteiger partial charge >= 0.3 is 0 Å². The molecule has 0 saturated carbocycles. The molecule has 0 fully saturated rings. The molecule has 2 aromatic heterocycles. The molecule has 0 aliphatic heterocycles. The third-order valence-corrected chi connectivity index (χ3v) is 8.22. The molecule has 0 saturated heterocycles. The molecule has 6 rings (SSSR count). The molecular formula is C30H24N2OS2. The van der Waals surface area contributed by atoms with Crippen LogP contribution in [0.15, 0.2) is 107 Å². The molecule has 0 aliphatic rings. The van der Waals surface area contributed by atoms with Crippen molar-refractivity contribution in [3.63, 3.8) is 0 Å². The minimum atomic E-state index is 0.716. The van der Waals surface area contributed by atoms with Crippen molar-refractivity contribution in [1.29, 1.82) is 0 Å². The summed E-state index contributed by atoms with van der Waals surface area (Å²) in [6.07, 6.45) is 0. The molecule has 5 heteroatoms. The van der Waals surface area contributed by atoms with Gasteiger partial charge < -0.3 is 4.74 Å². The fraction of sp³-hybridized carbons (Fsp3) is 0.133. The number of fused-ring (bicyclic) bond motifs is 4. The van der Waals surface area contributed by atoms with Gasteiger partial charge in [-0.2, -0.15) is 0 Å². The number of para-hydroxylation sites is 4. The predicted octanol–water partition coefficient (Wildman–Crippen LogP) is 7.99. The smallest absolute Gasteiger partial charge is 0.0721 e. The summed E-state index contributed by atoms with van der Waals surface area (Å²) >= 11 is 3.71. The van der Waals surface area contributed by atoms with Crippen LogP contribution in [0.4, 0.5) is 0 Å². The maximum Gasteiger partial charge on any atom is 0.0721 e. The van der Waals surface area contributed by atoms with Gasteiger partial charge in [0, 0.05) is 42.8 Å². The lowest BCUT2D eigenvalue weighted by Gasteiger charge is -2.12. The Balaban J connectivity index is 1.10. The molecular weight excluding hydrogens is 468 g/mol. The zero-order valence-corrected chi connectivity index (χ0v) is 20.8. The van der Waals surface area contributed by atoms with Crippen molar-refractivity contribution in [2.45, 2.75) is 9.79 Å². The molecule has 35 heavy (non-hydrogen) atoms. The van der Waals surface area contributed by atoms with Crippen molar-refractivity contribution >= 4 is 67.1 Å². The maximum atomic E-state index is 6.05. The van der Waals surface area contributed by atoms with Gasteiger partial charge in [-0.15, -0.1) is 23.5 Å². The van der Waals surface area contributed by atoms with Crippen molar-refractivity contribution in [2.24, 2.45) is 0 Å². The maximum absolute atomic E-state index is 6.05. The van der Waals surface area contributed by atoms with Gasteiger partial charge in [0.1, 0.15) is 0 Å². The summed E-state index contributed by atoms with van der Waals surface area (Å²) < 4.78 is 6.05. The second-order valence-corrected chi connectivity index (χ2v) is 10.5. The average molecular weight is 493 g/mol. The summed E-state index contributed by atoms with van der Waals surface area (Å²) in [5, 5.41) is 4.85. The Morgan fingerprint density at radius 2 is 0.771 bits per heavy atom. The van der Waals surface area contributed by atoms with E-state index in [0.29, 0.717) is 13.2 Å². The minimum absolute atomic E-state index is 0.716. The van der Waals surface area contributed by atoms with E-state index in [0.717, 1.165) is 33.6 Å². The molecule has 0 amide bonds. The van der Waals surface area contributed by atoms with E-state index in [-0.39, 0.29) is 0 Å². The lowest BCUT2D eigenvalue weighted by atomic mass is 10.1. The van der Waals surface area contributed by atoms with E-state index in [4.69, 9.17) is 14.7 Å². The first-order valence-corrected chi connectivity index (χ1v) is 13.7. The van der Waals surface area contributed by atoms with E-state index in [1.54, 1.807) is 0 Å². The first kappa shape index (κ1) is 22.4. The predicted molar refractivity (Wildman–Crippen MR) is 151 cm³/mol. The van der Waals surface area contributed by atoms with E-state index in [9.17, 15) is 0 Å². The topological polar surface area (TPSA) is 35.0 Å². The first-order valence-electron chi connectivity index (χ1n) is 11.8. The number of benzene rings is 4. The number of thioether (sulfide) groups is 2. The molecule has 4 aromatic carbocycles. The summed E-state index contributed by atoms with van der Waals surface area (Å²) in [6, 6.07) is 33.6. The second kappa shape index (κ2) is 10.2. The number of hydrogen-bond donors (Lipinski definition) is 0. The lowest BCUT2D eigenvalue weighted by molar-refractivity contribution is 0.167. The average Bonchev–Trinajstić information content (AvgIpc) is 2.91. The highest BCUT2D eigenvalue weighted by atomic mass is 32.2. The zero-order valence-electron chi connectivity index (χ0n) is 19.2. The van der Waals surface area contributed by atoms with Crippen LogP contribution >= 0.6 is 23.5 Å². The largest absolute Gasteiger partial charge is 0.380 e. The van der Waals surface area contributed by atoms with E-state index in [2.05, 4.69) is 97.1 Å². The Morgan fingerprint density at radius 3 is 1.11 bits per heavy atom. The van der Waals surface area contributed by atoms with Gasteiger partial charge in [-0.3, -0.25) is 0 Å². The van der Waals surface area contributed by atoms with Crippen LogP contribution in [0.5, 0.6) is 0 Å². The van der Waals surface area contributed by atoms with Gasteiger partial charge in [0.2, 0.25) is 0 Å². The fourth-order valence-electron chi connectivity index (χ4n) is 4.42. The first-order chi connectivity index (χ1) is 17.4. The zero-order chi connectivity index (χ0) is 23.5. The molecule has 0 spiro atoms. The van der Waals surface area contributed by atoms with Gasteiger partial charge in [-0.1, -0.05) is 72.8 Å². The Labute approximate surface area is 212 Å². The summed E-state index contributed by atoms with van der Waals surface area (Å²) in [6.45, 7) is 1.43. The molecule has 0 radical (unpaired) electrons. The highest BCUT2D eigenvalue weighted by molar-refractivity contribution is 8.00. The molecule has 0 N–H and O–H groups in total. The highest BCUT2D eigenvalue weighted by Crippen LogP contribution is 2.35. The van der Waals surface area contributed by atoms with Crippen molar-refractivity contribution in [1.82, 2.24) is 9.97 Å². The molecule has 2 heterocycles. The fourth-order valence-corrected chi connectivity index (χ4v) is 6.54. The van der Waals surface area contributed by atoms with Crippen LogP contribution in [-0.2, 0) is 4.74 Å². The van der Waals surface area contributed by atoms with Gasteiger partial charge in [-0.25, -0.2) is 9.97 Å². The van der Waals surface area contributed by atoms with Crippen LogP contribution in [0.3, 0.4) is 0 Å². The minimum Gasteiger partial charge on any atom is -0.380 e. The van der Waals surface area contributed by atoms with Crippen molar-refractivity contribution in [3.8, 4) is 0 Å². The molecule has 0 aliphatic carbocycles. The van der Waals surface area contributed by atoms with Crippen LogP contribution in [0.25, 0.3) is 43.6 Å². The van der Waals surface area contributed by atoms with Crippen molar-refractivity contribution < 1.29 is 4.74 Å². The van der Waals surface area contributed by atoms with E-state index in [1.165, 1.54) is 31.3 Å². The SMILES string of the molecule is c1ccc2c(SCCOCCSc3c4ccccc4nc4ccccc34)c3ccccc3nc2c1. The molecule has 6 aromatic rings. The van der Waals surface area contributed by atoms with Crippen LogP contribution in [0.2, 0.25) is 0 Å². The van der Waals surface area contributed by atoms with Crippen molar-refractivity contribution in [2.75, 3.05) is 24.7 Å². The van der Waals surface area contributed by atoms with Crippen molar-refractivity contribution in [3.05, 3.63) is 97.1 Å². The Hall–Kier alpha value is -3.12.